The molecule has 5 heteroatoms. The number of amides is 1. The lowest BCUT2D eigenvalue weighted by Gasteiger charge is -2.22. The van der Waals surface area contributed by atoms with Crippen LogP contribution >= 0.6 is 11.6 Å². The first kappa shape index (κ1) is 12.3. The smallest absolute Gasteiger partial charge is 0.408 e. The number of ketones is 1. The van der Waals surface area contributed by atoms with Crippen LogP contribution in [-0.2, 0) is 9.53 Å². The van der Waals surface area contributed by atoms with Crippen molar-refractivity contribution in [1.29, 1.82) is 0 Å². The molecule has 0 bridgehead atoms. The van der Waals surface area contributed by atoms with Gasteiger partial charge in [-0.05, 0) is 33.6 Å². The van der Waals surface area contributed by atoms with E-state index in [1.807, 2.05) is 0 Å². The van der Waals surface area contributed by atoms with Crippen LogP contribution in [-0.4, -0.2) is 28.9 Å². The highest BCUT2D eigenvalue weighted by Gasteiger charge is 2.50. The van der Waals surface area contributed by atoms with Crippen LogP contribution in [0.15, 0.2) is 0 Å². The van der Waals surface area contributed by atoms with Gasteiger partial charge in [-0.15, -0.1) is 11.6 Å². The maximum Gasteiger partial charge on any atom is 0.408 e. The summed E-state index contributed by atoms with van der Waals surface area (Å²) in [5.74, 6) is -0.217. The van der Waals surface area contributed by atoms with Crippen LogP contribution in [0.5, 0.6) is 0 Å². The maximum absolute atomic E-state index is 11.4. The van der Waals surface area contributed by atoms with E-state index in [1.165, 1.54) is 0 Å². The van der Waals surface area contributed by atoms with E-state index in [0.717, 1.165) is 0 Å². The van der Waals surface area contributed by atoms with E-state index < -0.39 is 17.2 Å². The van der Waals surface area contributed by atoms with Crippen molar-refractivity contribution in [3.8, 4) is 0 Å². The van der Waals surface area contributed by atoms with Gasteiger partial charge in [0, 0.05) is 0 Å². The van der Waals surface area contributed by atoms with Gasteiger partial charge in [0.2, 0.25) is 0 Å². The lowest BCUT2D eigenvalue weighted by Crippen LogP contribution is -2.46. The summed E-state index contributed by atoms with van der Waals surface area (Å²) in [7, 11) is 0. The number of halogens is 1. The van der Waals surface area contributed by atoms with Crippen LogP contribution in [0.3, 0.4) is 0 Å². The Morgan fingerprint density at radius 1 is 1.40 bits per heavy atom. The molecule has 0 aliphatic heterocycles. The number of hydrogen-bond donors (Lipinski definition) is 1. The van der Waals surface area contributed by atoms with Crippen LogP contribution in [0.1, 0.15) is 33.6 Å². The highest BCUT2D eigenvalue weighted by atomic mass is 35.5. The average molecular weight is 234 g/mol. The molecule has 0 aromatic heterocycles. The van der Waals surface area contributed by atoms with Gasteiger partial charge in [0.1, 0.15) is 11.1 Å². The zero-order valence-corrected chi connectivity index (χ0v) is 9.98. The zero-order chi connectivity index (χ0) is 11.7. The molecule has 0 unspecified atom stereocenters. The molecule has 0 radical (unpaired) electrons. The van der Waals surface area contributed by atoms with Crippen molar-refractivity contribution < 1.29 is 14.3 Å². The number of nitrogens with one attached hydrogen (secondary N) is 1. The third-order valence-corrected chi connectivity index (χ3v) is 2.39. The maximum atomic E-state index is 11.4. The van der Waals surface area contributed by atoms with E-state index in [2.05, 4.69) is 5.32 Å². The Morgan fingerprint density at radius 2 is 1.93 bits per heavy atom. The average Bonchev–Trinajstić information content (AvgIpc) is 2.80. The highest BCUT2D eigenvalue weighted by Crippen LogP contribution is 2.36. The molecule has 86 valence electrons. The van der Waals surface area contributed by atoms with Crippen molar-refractivity contribution in [1.82, 2.24) is 5.32 Å². The molecule has 1 rings (SSSR count). The van der Waals surface area contributed by atoms with Gasteiger partial charge in [-0.2, -0.15) is 0 Å². The molecule has 1 aliphatic carbocycles. The van der Waals surface area contributed by atoms with Gasteiger partial charge < -0.3 is 10.1 Å². The van der Waals surface area contributed by atoms with Crippen molar-refractivity contribution >= 4 is 23.5 Å². The number of rotatable bonds is 3. The van der Waals surface area contributed by atoms with E-state index in [4.69, 9.17) is 16.3 Å². The molecule has 4 nitrogen and oxygen atoms in total. The number of hydrogen-bond acceptors (Lipinski definition) is 3. The Balaban J connectivity index is 2.49. The lowest BCUT2D eigenvalue weighted by molar-refractivity contribution is -0.119. The third kappa shape index (κ3) is 3.38. The summed E-state index contributed by atoms with van der Waals surface area (Å²) in [6, 6.07) is 0. The van der Waals surface area contributed by atoms with Crippen molar-refractivity contribution in [2.75, 3.05) is 5.88 Å². The van der Waals surface area contributed by atoms with Crippen LogP contribution < -0.4 is 5.32 Å². The summed E-state index contributed by atoms with van der Waals surface area (Å²) in [4.78, 5) is 22.8. The van der Waals surface area contributed by atoms with E-state index in [-0.39, 0.29) is 11.7 Å². The van der Waals surface area contributed by atoms with Gasteiger partial charge in [-0.3, -0.25) is 4.79 Å². The second-order valence-electron chi connectivity index (χ2n) is 4.77. The molecule has 1 saturated carbocycles. The zero-order valence-electron chi connectivity index (χ0n) is 9.22. The molecule has 1 N–H and O–H groups in total. The minimum absolute atomic E-state index is 0.0736. The van der Waals surface area contributed by atoms with Gasteiger partial charge in [-0.25, -0.2) is 4.79 Å². The van der Waals surface area contributed by atoms with E-state index >= 15 is 0 Å². The monoisotopic (exact) mass is 233 g/mol. The number of alkyl carbamates (subject to hydrolysis) is 1. The van der Waals surface area contributed by atoms with Gasteiger partial charge in [0.25, 0.3) is 0 Å². The molecule has 1 amide bonds. The fourth-order valence-corrected chi connectivity index (χ4v) is 1.48. The summed E-state index contributed by atoms with van der Waals surface area (Å²) in [6.07, 6.45) is 0.744. The molecule has 1 aliphatic rings. The lowest BCUT2D eigenvalue weighted by atomic mass is 10.2. The molecule has 0 aromatic rings. The van der Waals surface area contributed by atoms with Crippen molar-refractivity contribution in [2.24, 2.45) is 0 Å². The van der Waals surface area contributed by atoms with Crippen LogP contribution in [0.2, 0.25) is 0 Å². The second-order valence-corrected chi connectivity index (χ2v) is 5.03. The van der Waals surface area contributed by atoms with Gasteiger partial charge in [0.05, 0.1) is 5.88 Å². The Kier molecular flexibility index (Phi) is 3.28. The van der Waals surface area contributed by atoms with E-state index in [0.29, 0.717) is 12.8 Å². The molecular weight excluding hydrogens is 218 g/mol. The molecule has 0 atom stereocenters. The van der Waals surface area contributed by atoms with Crippen LogP contribution in [0.4, 0.5) is 4.79 Å². The summed E-state index contributed by atoms with van der Waals surface area (Å²) in [5, 5.41) is 2.58. The number of carbonyl (C=O) groups excluding carboxylic acids is 2. The first-order chi connectivity index (χ1) is 6.79. The molecule has 0 saturated heterocycles. The minimum Gasteiger partial charge on any atom is -0.444 e. The Bertz CT molecular complexity index is 279. The topological polar surface area (TPSA) is 55.4 Å². The van der Waals surface area contributed by atoms with Crippen molar-refractivity contribution in [3.05, 3.63) is 0 Å². The fraction of sp³-hybridized carbons (Fsp3) is 0.800. The summed E-state index contributed by atoms with van der Waals surface area (Å²) < 4.78 is 5.06. The quantitative estimate of drug-likeness (QED) is 0.757. The van der Waals surface area contributed by atoms with E-state index in [1.54, 1.807) is 20.8 Å². The first-order valence-electron chi connectivity index (χ1n) is 4.89. The minimum atomic E-state index is -0.746. The van der Waals surface area contributed by atoms with Gasteiger partial charge in [0.15, 0.2) is 5.78 Å². The normalized spacial score (nSPS) is 18.1. The third-order valence-electron chi connectivity index (χ3n) is 2.15. The van der Waals surface area contributed by atoms with Crippen molar-refractivity contribution in [2.45, 2.75) is 44.8 Å². The number of ether oxygens (including phenoxy) is 1. The van der Waals surface area contributed by atoms with Crippen LogP contribution in [0.25, 0.3) is 0 Å². The molecule has 0 aromatic carbocycles. The number of Topliss-reactive ketones (excluding diaryl/α,β-unsaturated/α-hetero) is 1. The SMILES string of the molecule is CC(C)(C)OC(=O)NC1(C(=O)CCl)CC1. The Labute approximate surface area is 94.3 Å². The molecule has 15 heavy (non-hydrogen) atoms. The fourth-order valence-electron chi connectivity index (χ4n) is 1.23. The Hall–Kier alpha value is -0.770. The summed E-state index contributed by atoms with van der Waals surface area (Å²) >= 11 is 5.45. The predicted octanol–water partition coefficient (Wildman–Crippen LogP) is 1.85. The summed E-state index contributed by atoms with van der Waals surface area (Å²) in [6.45, 7) is 5.32. The molecular formula is C10H16ClNO3. The standard InChI is InChI=1S/C10H16ClNO3/c1-9(2,3)15-8(14)12-10(4-5-10)7(13)6-11/h4-6H2,1-3H3,(H,12,14). The molecule has 0 spiro atoms. The second kappa shape index (κ2) is 4.00. The van der Waals surface area contributed by atoms with Crippen LogP contribution in [0, 0.1) is 0 Å². The number of carbonyl (C=O) groups is 2. The molecule has 1 fully saturated rings. The van der Waals surface area contributed by atoms with Crippen molar-refractivity contribution in [3.63, 3.8) is 0 Å². The van der Waals surface area contributed by atoms with E-state index in [9.17, 15) is 9.59 Å². The Morgan fingerprint density at radius 3 is 2.27 bits per heavy atom. The predicted molar refractivity (Wildman–Crippen MR) is 57.1 cm³/mol. The van der Waals surface area contributed by atoms with Gasteiger partial charge >= 0.3 is 6.09 Å². The first-order valence-corrected chi connectivity index (χ1v) is 5.43. The molecule has 0 heterocycles. The number of alkyl halides is 1. The highest BCUT2D eigenvalue weighted by molar-refractivity contribution is 6.29. The van der Waals surface area contributed by atoms with Gasteiger partial charge in [-0.1, -0.05) is 0 Å². The summed E-state index contributed by atoms with van der Waals surface area (Å²) in [5.41, 5.74) is -1.30. The largest absolute Gasteiger partial charge is 0.444 e.